The summed E-state index contributed by atoms with van der Waals surface area (Å²) >= 11 is 0. The summed E-state index contributed by atoms with van der Waals surface area (Å²) in [7, 11) is 0. The fourth-order valence-corrected chi connectivity index (χ4v) is 3.56. The number of nitrogens with two attached hydrogens (primary N) is 1. The second-order valence-corrected chi connectivity index (χ2v) is 5.97. The Morgan fingerprint density at radius 1 is 1.20 bits per heavy atom. The van der Waals surface area contributed by atoms with Gasteiger partial charge in [-0.15, -0.1) is 0 Å². The minimum absolute atomic E-state index is 0.704. The molecule has 0 radical (unpaired) electrons. The maximum absolute atomic E-state index is 5.84. The number of hydrogen-bond donors (Lipinski definition) is 2. The molecule has 1 aromatic carbocycles. The first-order chi connectivity index (χ1) is 9.79. The second-order valence-electron chi connectivity index (χ2n) is 5.97. The van der Waals surface area contributed by atoms with Gasteiger partial charge in [0.2, 0.25) is 5.95 Å². The smallest absolute Gasteiger partial charge is 0.203 e. The number of benzene rings is 1. The molecule has 3 N–H and O–H groups in total. The van der Waals surface area contributed by atoms with Crippen LogP contribution in [-0.4, -0.2) is 47.1 Å². The van der Waals surface area contributed by atoms with Gasteiger partial charge in [-0.25, -0.2) is 4.98 Å². The summed E-state index contributed by atoms with van der Waals surface area (Å²) in [6, 6.07) is 6.57. The van der Waals surface area contributed by atoms with E-state index in [-0.39, 0.29) is 0 Å². The third-order valence-electron chi connectivity index (χ3n) is 4.60. The molecular formula is C15H21N5. The lowest BCUT2D eigenvalue weighted by molar-refractivity contribution is 0.273. The van der Waals surface area contributed by atoms with Gasteiger partial charge in [-0.2, -0.15) is 0 Å². The first kappa shape index (κ1) is 12.0. The molecule has 0 spiro atoms. The SMILES string of the molecule is Nc1ccc2nc(N3CCCN4CCCC4C3)[nH]c2c1. The molecule has 0 amide bonds. The van der Waals surface area contributed by atoms with E-state index < -0.39 is 0 Å². The maximum atomic E-state index is 5.84. The Hall–Kier alpha value is -1.75. The average Bonchev–Trinajstić information content (AvgIpc) is 3.00. The van der Waals surface area contributed by atoms with E-state index in [1.165, 1.54) is 32.4 Å². The number of anilines is 2. The van der Waals surface area contributed by atoms with E-state index in [0.717, 1.165) is 35.8 Å². The van der Waals surface area contributed by atoms with Crippen LogP contribution in [0.15, 0.2) is 18.2 Å². The number of aromatic amines is 1. The Bertz CT molecular complexity index is 620. The molecule has 2 fully saturated rings. The Labute approximate surface area is 118 Å². The Kier molecular flexibility index (Phi) is 2.80. The van der Waals surface area contributed by atoms with Gasteiger partial charge in [0.15, 0.2) is 0 Å². The van der Waals surface area contributed by atoms with Gasteiger partial charge in [0.25, 0.3) is 0 Å². The molecule has 0 bridgehead atoms. The van der Waals surface area contributed by atoms with Crippen molar-refractivity contribution in [2.45, 2.75) is 25.3 Å². The summed E-state index contributed by atoms with van der Waals surface area (Å²) in [4.78, 5) is 13.2. The molecule has 106 valence electrons. The van der Waals surface area contributed by atoms with Crippen LogP contribution in [0, 0.1) is 0 Å². The van der Waals surface area contributed by atoms with Gasteiger partial charge in [0, 0.05) is 31.4 Å². The molecule has 0 saturated carbocycles. The molecule has 3 heterocycles. The van der Waals surface area contributed by atoms with Gasteiger partial charge in [0.1, 0.15) is 0 Å². The normalized spacial score (nSPS) is 24.0. The summed E-state index contributed by atoms with van der Waals surface area (Å²) in [5, 5.41) is 0. The summed E-state index contributed by atoms with van der Waals surface area (Å²) in [6.45, 7) is 4.68. The van der Waals surface area contributed by atoms with Gasteiger partial charge in [-0.3, -0.25) is 4.90 Å². The second kappa shape index (κ2) is 4.66. The van der Waals surface area contributed by atoms with Crippen molar-refractivity contribution >= 4 is 22.7 Å². The molecule has 2 aliphatic rings. The minimum Gasteiger partial charge on any atom is -0.399 e. The van der Waals surface area contributed by atoms with Crippen molar-refractivity contribution in [1.82, 2.24) is 14.9 Å². The van der Waals surface area contributed by atoms with Crippen LogP contribution in [0.4, 0.5) is 11.6 Å². The number of hydrogen-bond acceptors (Lipinski definition) is 4. The molecule has 0 aliphatic carbocycles. The molecule has 2 aromatic rings. The predicted octanol–water partition coefficient (Wildman–Crippen LogP) is 1.82. The Morgan fingerprint density at radius 2 is 2.10 bits per heavy atom. The van der Waals surface area contributed by atoms with E-state index in [2.05, 4.69) is 14.8 Å². The van der Waals surface area contributed by atoms with Crippen LogP contribution in [0.3, 0.4) is 0 Å². The summed E-state index contributed by atoms with van der Waals surface area (Å²) in [5.74, 6) is 0.999. The van der Waals surface area contributed by atoms with E-state index in [0.29, 0.717) is 6.04 Å². The van der Waals surface area contributed by atoms with Crippen molar-refractivity contribution in [3.8, 4) is 0 Å². The number of imidazole rings is 1. The third-order valence-corrected chi connectivity index (χ3v) is 4.60. The molecule has 1 atom stereocenters. The van der Waals surface area contributed by atoms with Gasteiger partial charge >= 0.3 is 0 Å². The molecule has 5 heteroatoms. The molecular weight excluding hydrogens is 250 g/mol. The largest absolute Gasteiger partial charge is 0.399 e. The van der Waals surface area contributed by atoms with Crippen molar-refractivity contribution in [1.29, 1.82) is 0 Å². The number of H-pyrrole nitrogens is 1. The highest BCUT2D eigenvalue weighted by Gasteiger charge is 2.29. The zero-order valence-corrected chi connectivity index (χ0v) is 11.7. The maximum Gasteiger partial charge on any atom is 0.203 e. The monoisotopic (exact) mass is 271 g/mol. The third kappa shape index (κ3) is 2.02. The molecule has 20 heavy (non-hydrogen) atoms. The molecule has 5 nitrogen and oxygen atoms in total. The fraction of sp³-hybridized carbons (Fsp3) is 0.533. The van der Waals surface area contributed by atoms with Crippen LogP contribution >= 0.6 is 0 Å². The standard InChI is InChI=1S/C15H21N5/c16-11-4-5-13-14(9-11)18-15(17-13)20-8-2-7-19-6-1-3-12(19)10-20/h4-5,9,12H,1-3,6-8,10,16H2,(H,17,18). The van der Waals surface area contributed by atoms with Gasteiger partial charge < -0.3 is 15.6 Å². The number of nitrogen functional groups attached to an aromatic ring is 1. The van der Waals surface area contributed by atoms with E-state index in [1.807, 2.05) is 18.2 Å². The molecule has 1 unspecified atom stereocenters. The minimum atomic E-state index is 0.704. The van der Waals surface area contributed by atoms with E-state index in [1.54, 1.807) is 0 Å². The van der Waals surface area contributed by atoms with Crippen LogP contribution in [0.5, 0.6) is 0 Å². The Balaban J connectivity index is 1.64. The van der Waals surface area contributed by atoms with Gasteiger partial charge in [-0.05, 0) is 44.0 Å². The van der Waals surface area contributed by atoms with E-state index >= 15 is 0 Å². The fourth-order valence-electron chi connectivity index (χ4n) is 3.56. The highest BCUT2D eigenvalue weighted by molar-refractivity contribution is 5.80. The van der Waals surface area contributed by atoms with Crippen LogP contribution in [0.25, 0.3) is 11.0 Å². The summed E-state index contributed by atoms with van der Waals surface area (Å²) in [5.41, 5.74) is 8.66. The Morgan fingerprint density at radius 3 is 3.05 bits per heavy atom. The first-order valence-electron chi connectivity index (χ1n) is 7.54. The van der Waals surface area contributed by atoms with Crippen LogP contribution < -0.4 is 10.6 Å². The first-order valence-corrected chi connectivity index (χ1v) is 7.54. The number of aromatic nitrogens is 2. The van der Waals surface area contributed by atoms with Crippen molar-refractivity contribution in [2.75, 3.05) is 36.8 Å². The lowest BCUT2D eigenvalue weighted by Gasteiger charge is -2.25. The quantitative estimate of drug-likeness (QED) is 0.777. The molecule has 2 aliphatic heterocycles. The number of nitrogens with one attached hydrogen (secondary N) is 1. The zero-order valence-electron chi connectivity index (χ0n) is 11.7. The average molecular weight is 271 g/mol. The number of rotatable bonds is 1. The van der Waals surface area contributed by atoms with E-state index in [4.69, 9.17) is 10.7 Å². The number of fused-ring (bicyclic) bond motifs is 2. The number of nitrogens with zero attached hydrogens (tertiary/aromatic N) is 3. The summed E-state index contributed by atoms with van der Waals surface area (Å²) in [6.07, 6.45) is 3.88. The molecule has 1 aromatic heterocycles. The lowest BCUT2D eigenvalue weighted by atomic mass is 10.2. The van der Waals surface area contributed by atoms with Crippen LogP contribution in [0.1, 0.15) is 19.3 Å². The zero-order chi connectivity index (χ0) is 13.5. The van der Waals surface area contributed by atoms with Crippen LogP contribution in [-0.2, 0) is 0 Å². The van der Waals surface area contributed by atoms with Gasteiger partial charge in [-0.1, -0.05) is 0 Å². The lowest BCUT2D eigenvalue weighted by Crippen LogP contribution is -2.37. The van der Waals surface area contributed by atoms with Crippen molar-refractivity contribution in [3.05, 3.63) is 18.2 Å². The van der Waals surface area contributed by atoms with Crippen LogP contribution in [0.2, 0.25) is 0 Å². The van der Waals surface area contributed by atoms with Gasteiger partial charge in [0.05, 0.1) is 11.0 Å². The summed E-state index contributed by atoms with van der Waals surface area (Å²) < 4.78 is 0. The molecule has 4 rings (SSSR count). The predicted molar refractivity (Wildman–Crippen MR) is 81.9 cm³/mol. The van der Waals surface area contributed by atoms with Crippen molar-refractivity contribution in [3.63, 3.8) is 0 Å². The highest BCUT2D eigenvalue weighted by Crippen LogP contribution is 2.25. The molecule has 2 saturated heterocycles. The van der Waals surface area contributed by atoms with Crippen molar-refractivity contribution in [2.24, 2.45) is 0 Å². The van der Waals surface area contributed by atoms with Crippen molar-refractivity contribution < 1.29 is 0 Å². The van der Waals surface area contributed by atoms with E-state index in [9.17, 15) is 0 Å². The topological polar surface area (TPSA) is 61.2 Å². The highest BCUT2D eigenvalue weighted by atomic mass is 15.3.